The first kappa shape index (κ1) is 19.2. The Labute approximate surface area is 158 Å². The summed E-state index contributed by atoms with van der Waals surface area (Å²) < 4.78 is 0. The second-order valence-corrected chi connectivity index (χ2v) is 7.73. The maximum Gasteiger partial charge on any atom is 0.194 e. The molecule has 144 valence electrons. The predicted molar refractivity (Wildman–Crippen MR) is 107 cm³/mol. The van der Waals surface area contributed by atoms with Crippen LogP contribution in [0.1, 0.15) is 43.4 Å². The number of nitrogens with zero attached hydrogens (tertiary/aromatic N) is 3. The molecule has 0 aromatic heterocycles. The number of nitrogens with one attached hydrogen (secondary N) is 1. The summed E-state index contributed by atoms with van der Waals surface area (Å²) in [6.45, 7) is 11.3. The van der Waals surface area contributed by atoms with E-state index in [-0.39, 0.29) is 0 Å². The highest BCUT2D eigenvalue weighted by Gasteiger charge is 2.27. The summed E-state index contributed by atoms with van der Waals surface area (Å²) in [5, 5.41) is 13.9. The van der Waals surface area contributed by atoms with Crippen LogP contribution in [-0.2, 0) is 0 Å². The smallest absolute Gasteiger partial charge is 0.194 e. The van der Waals surface area contributed by atoms with E-state index < -0.39 is 6.10 Å². The fourth-order valence-corrected chi connectivity index (χ4v) is 4.00. The molecule has 2 fully saturated rings. The molecule has 2 aliphatic rings. The summed E-state index contributed by atoms with van der Waals surface area (Å²) in [5.74, 6) is 1.68. The lowest BCUT2D eigenvalue weighted by atomic mass is 10.1. The van der Waals surface area contributed by atoms with Crippen LogP contribution in [0.3, 0.4) is 0 Å². The average Bonchev–Trinajstić information content (AvgIpc) is 3.31. The predicted octanol–water partition coefficient (Wildman–Crippen LogP) is 2.41. The standard InChI is InChI=1S/C21H34N4O/c1-3-22-21(23-14-20(26)19-8-6-17(2)7-9-19)25-13-10-18(16-25)15-24-11-4-5-12-24/h6-9,18,20,26H,3-5,10-16H2,1-2H3,(H,22,23). The van der Waals surface area contributed by atoms with E-state index in [9.17, 15) is 5.11 Å². The lowest BCUT2D eigenvalue weighted by Gasteiger charge is -2.23. The Morgan fingerprint density at radius 1 is 1.23 bits per heavy atom. The number of aliphatic hydroxyl groups excluding tert-OH is 1. The minimum atomic E-state index is -0.549. The van der Waals surface area contributed by atoms with Crippen LogP contribution in [-0.4, -0.2) is 66.7 Å². The van der Waals surface area contributed by atoms with Crippen LogP contribution in [0.25, 0.3) is 0 Å². The largest absolute Gasteiger partial charge is 0.386 e. The Morgan fingerprint density at radius 3 is 2.65 bits per heavy atom. The number of hydrogen-bond acceptors (Lipinski definition) is 3. The van der Waals surface area contributed by atoms with Gasteiger partial charge in [-0.1, -0.05) is 29.8 Å². The molecular weight excluding hydrogens is 324 g/mol. The highest BCUT2D eigenvalue weighted by atomic mass is 16.3. The number of aliphatic imine (C=N–C) groups is 1. The average molecular weight is 359 g/mol. The monoisotopic (exact) mass is 358 g/mol. The Kier molecular flexibility index (Phi) is 6.92. The molecule has 2 saturated heterocycles. The van der Waals surface area contributed by atoms with E-state index in [0.29, 0.717) is 6.54 Å². The molecule has 26 heavy (non-hydrogen) atoms. The van der Waals surface area contributed by atoms with Crippen LogP contribution >= 0.6 is 0 Å². The fourth-order valence-electron chi connectivity index (χ4n) is 4.00. The first-order valence-corrected chi connectivity index (χ1v) is 10.2. The SMILES string of the molecule is CCNC(=NCC(O)c1ccc(C)cc1)N1CCC(CN2CCCC2)C1. The Hall–Kier alpha value is -1.59. The normalized spacial score (nSPS) is 22.8. The molecule has 0 spiro atoms. The van der Waals surface area contributed by atoms with Gasteiger partial charge in [0.15, 0.2) is 5.96 Å². The van der Waals surface area contributed by atoms with Crippen molar-refractivity contribution < 1.29 is 5.11 Å². The van der Waals surface area contributed by atoms with Crippen molar-refractivity contribution in [3.8, 4) is 0 Å². The van der Waals surface area contributed by atoms with E-state index in [1.807, 2.05) is 24.3 Å². The zero-order valence-corrected chi connectivity index (χ0v) is 16.3. The van der Waals surface area contributed by atoms with Crippen LogP contribution in [0.15, 0.2) is 29.3 Å². The van der Waals surface area contributed by atoms with Gasteiger partial charge in [-0.15, -0.1) is 0 Å². The Balaban J connectivity index is 1.55. The van der Waals surface area contributed by atoms with Crippen LogP contribution in [0.5, 0.6) is 0 Å². The first-order chi connectivity index (χ1) is 12.7. The van der Waals surface area contributed by atoms with E-state index in [1.54, 1.807) is 0 Å². The van der Waals surface area contributed by atoms with Crippen LogP contribution in [0, 0.1) is 12.8 Å². The van der Waals surface area contributed by atoms with Crippen molar-refractivity contribution in [3.05, 3.63) is 35.4 Å². The zero-order valence-electron chi connectivity index (χ0n) is 16.3. The minimum absolute atomic E-state index is 0.401. The third-order valence-electron chi connectivity index (χ3n) is 5.51. The molecule has 2 heterocycles. The second-order valence-electron chi connectivity index (χ2n) is 7.73. The van der Waals surface area contributed by atoms with Gasteiger partial charge >= 0.3 is 0 Å². The maximum atomic E-state index is 10.5. The molecule has 5 heteroatoms. The third-order valence-corrected chi connectivity index (χ3v) is 5.51. The topological polar surface area (TPSA) is 51.1 Å². The molecule has 1 aromatic rings. The number of guanidine groups is 1. The quantitative estimate of drug-likeness (QED) is 0.606. The highest BCUT2D eigenvalue weighted by Crippen LogP contribution is 2.20. The molecule has 2 atom stereocenters. The summed E-state index contributed by atoms with van der Waals surface area (Å²) >= 11 is 0. The van der Waals surface area contributed by atoms with E-state index in [0.717, 1.165) is 37.1 Å². The molecule has 0 radical (unpaired) electrons. The molecule has 2 aliphatic heterocycles. The molecule has 3 rings (SSSR count). The van der Waals surface area contributed by atoms with E-state index in [1.165, 1.54) is 44.5 Å². The number of aliphatic hydroxyl groups is 1. The summed E-state index contributed by atoms with van der Waals surface area (Å²) in [4.78, 5) is 9.71. The van der Waals surface area contributed by atoms with Crippen molar-refractivity contribution in [1.82, 2.24) is 15.1 Å². The molecule has 0 amide bonds. The fraction of sp³-hybridized carbons (Fsp3) is 0.667. The minimum Gasteiger partial charge on any atom is -0.386 e. The molecule has 5 nitrogen and oxygen atoms in total. The Morgan fingerprint density at radius 2 is 1.96 bits per heavy atom. The number of hydrogen-bond donors (Lipinski definition) is 2. The number of benzene rings is 1. The number of aryl methyl sites for hydroxylation is 1. The van der Waals surface area contributed by atoms with Crippen molar-refractivity contribution in [3.63, 3.8) is 0 Å². The second kappa shape index (κ2) is 9.38. The Bertz CT molecular complexity index is 580. The lowest BCUT2D eigenvalue weighted by Crippen LogP contribution is -2.41. The van der Waals surface area contributed by atoms with E-state index in [2.05, 4.69) is 29.0 Å². The van der Waals surface area contributed by atoms with Gasteiger partial charge in [0.2, 0.25) is 0 Å². The van der Waals surface area contributed by atoms with E-state index >= 15 is 0 Å². The van der Waals surface area contributed by atoms with Gasteiger partial charge < -0.3 is 20.2 Å². The third kappa shape index (κ3) is 5.21. The van der Waals surface area contributed by atoms with Gasteiger partial charge in [0.1, 0.15) is 0 Å². The van der Waals surface area contributed by atoms with Crippen molar-refractivity contribution >= 4 is 5.96 Å². The van der Waals surface area contributed by atoms with Crippen molar-refractivity contribution in [2.24, 2.45) is 10.9 Å². The van der Waals surface area contributed by atoms with Crippen LogP contribution in [0.4, 0.5) is 0 Å². The summed E-state index contributed by atoms with van der Waals surface area (Å²) in [6, 6.07) is 8.06. The van der Waals surface area contributed by atoms with Gasteiger partial charge in [-0.2, -0.15) is 0 Å². The van der Waals surface area contributed by atoms with Gasteiger partial charge in [-0.05, 0) is 57.7 Å². The summed E-state index contributed by atoms with van der Waals surface area (Å²) in [5.41, 5.74) is 2.14. The molecule has 1 aromatic carbocycles. The summed E-state index contributed by atoms with van der Waals surface area (Å²) in [6.07, 6.45) is 3.41. The van der Waals surface area contributed by atoms with Gasteiger partial charge in [0.05, 0.1) is 12.6 Å². The lowest BCUT2D eigenvalue weighted by molar-refractivity contribution is 0.186. The summed E-state index contributed by atoms with van der Waals surface area (Å²) in [7, 11) is 0. The molecule has 0 saturated carbocycles. The number of likely N-dealkylation sites (tertiary alicyclic amines) is 2. The van der Waals surface area contributed by atoms with Gasteiger partial charge in [0.25, 0.3) is 0 Å². The molecular formula is C21H34N4O. The van der Waals surface area contributed by atoms with Gasteiger partial charge in [-0.25, -0.2) is 0 Å². The van der Waals surface area contributed by atoms with Gasteiger partial charge in [-0.3, -0.25) is 4.99 Å². The molecule has 2 unspecified atom stereocenters. The maximum absolute atomic E-state index is 10.5. The van der Waals surface area contributed by atoms with Crippen LogP contribution in [0.2, 0.25) is 0 Å². The van der Waals surface area contributed by atoms with E-state index in [4.69, 9.17) is 4.99 Å². The molecule has 0 bridgehead atoms. The van der Waals surface area contributed by atoms with Crippen molar-refractivity contribution in [2.45, 2.75) is 39.2 Å². The van der Waals surface area contributed by atoms with Crippen molar-refractivity contribution in [2.75, 3.05) is 45.8 Å². The zero-order chi connectivity index (χ0) is 18.4. The van der Waals surface area contributed by atoms with Crippen LogP contribution < -0.4 is 5.32 Å². The first-order valence-electron chi connectivity index (χ1n) is 10.2. The number of rotatable bonds is 6. The van der Waals surface area contributed by atoms with Gasteiger partial charge in [0, 0.05) is 26.2 Å². The molecule has 0 aliphatic carbocycles. The molecule has 2 N–H and O–H groups in total. The highest BCUT2D eigenvalue weighted by molar-refractivity contribution is 5.80. The van der Waals surface area contributed by atoms with Crippen molar-refractivity contribution in [1.29, 1.82) is 0 Å².